The van der Waals surface area contributed by atoms with Crippen LogP contribution >= 0.6 is 11.8 Å². The summed E-state index contributed by atoms with van der Waals surface area (Å²) in [5, 5.41) is 9.87. The molecule has 0 N–H and O–H groups in total. The summed E-state index contributed by atoms with van der Waals surface area (Å²) in [7, 11) is 0. The third kappa shape index (κ3) is 2.59. The zero-order valence-electron chi connectivity index (χ0n) is 10.8. The van der Waals surface area contributed by atoms with E-state index in [1.807, 2.05) is 24.5 Å². The van der Waals surface area contributed by atoms with Crippen molar-refractivity contribution in [2.24, 2.45) is 0 Å². The second-order valence-electron chi connectivity index (χ2n) is 3.92. The summed E-state index contributed by atoms with van der Waals surface area (Å²) in [6.07, 6.45) is 1.99. The summed E-state index contributed by atoms with van der Waals surface area (Å²) in [6, 6.07) is 9.80. The van der Waals surface area contributed by atoms with E-state index in [-0.39, 0.29) is 12.5 Å². The zero-order valence-corrected chi connectivity index (χ0v) is 11.7. The molecule has 0 aliphatic rings. The van der Waals surface area contributed by atoms with Gasteiger partial charge in [0, 0.05) is 10.3 Å². The number of nitriles is 1. The molecule has 0 aliphatic carbocycles. The van der Waals surface area contributed by atoms with Gasteiger partial charge < -0.3 is 9.30 Å². The second-order valence-corrected chi connectivity index (χ2v) is 4.80. The Bertz CT molecular complexity index is 655. The first-order valence-corrected chi connectivity index (χ1v) is 7.15. The first-order valence-electron chi connectivity index (χ1n) is 5.92. The Morgan fingerprint density at radius 1 is 1.47 bits per heavy atom. The Kier molecular flexibility index (Phi) is 4.13. The Labute approximate surface area is 116 Å². The van der Waals surface area contributed by atoms with Gasteiger partial charge in [-0.05, 0) is 31.4 Å². The van der Waals surface area contributed by atoms with E-state index in [2.05, 4.69) is 6.07 Å². The molecule has 5 heteroatoms. The van der Waals surface area contributed by atoms with Crippen molar-refractivity contribution < 1.29 is 9.53 Å². The van der Waals surface area contributed by atoms with E-state index in [0.29, 0.717) is 12.3 Å². The van der Waals surface area contributed by atoms with Crippen molar-refractivity contribution in [3.05, 3.63) is 30.0 Å². The fraction of sp³-hybridized carbons (Fsp3) is 0.286. The van der Waals surface area contributed by atoms with Crippen molar-refractivity contribution in [1.29, 1.82) is 5.26 Å². The third-order valence-electron chi connectivity index (χ3n) is 2.82. The molecule has 0 spiro atoms. The number of aromatic nitrogens is 1. The lowest BCUT2D eigenvalue weighted by atomic mass is 10.2. The number of benzene rings is 1. The van der Waals surface area contributed by atoms with Gasteiger partial charge in [0.15, 0.2) is 0 Å². The summed E-state index contributed by atoms with van der Waals surface area (Å²) in [6.45, 7) is 2.22. The number of thioether (sulfide) groups is 1. The van der Waals surface area contributed by atoms with Crippen LogP contribution in [0.15, 0.2) is 29.2 Å². The number of rotatable bonds is 4. The first-order chi connectivity index (χ1) is 9.21. The topological polar surface area (TPSA) is 55.0 Å². The summed E-state index contributed by atoms with van der Waals surface area (Å²) >= 11 is 1.63. The Hall–Kier alpha value is -1.93. The smallest absolute Gasteiger partial charge is 0.355 e. The SMILES string of the molecule is CCOC(=O)c1cc2ccc(SC)cc2n1CC#N. The van der Waals surface area contributed by atoms with E-state index >= 15 is 0 Å². The van der Waals surface area contributed by atoms with E-state index in [4.69, 9.17) is 10.00 Å². The molecule has 98 valence electrons. The van der Waals surface area contributed by atoms with E-state index in [9.17, 15) is 4.79 Å². The van der Waals surface area contributed by atoms with Gasteiger partial charge in [0.05, 0.1) is 18.2 Å². The minimum Gasteiger partial charge on any atom is -0.461 e. The lowest BCUT2D eigenvalue weighted by molar-refractivity contribution is 0.0515. The maximum atomic E-state index is 11.9. The first kappa shape index (κ1) is 13.5. The number of hydrogen-bond acceptors (Lipinski definition) is 4. The summed E-state index contributed by atoms with van der Waals surface area (Å²) in [4.78, 5) is 13.0. The van der Waals surface area contributed by atoms with Crippen LogP contribution in [0.3, 0.4) is 0 Å². The van der Waals surface area contributed by atoms with Crippen LogP contribution in [-0.4, -0.2) is 23.4 Å². The second kappa shape index (κ2) is 5.81. The molecule has 0 bridgehead atoms. The number of carbonyl (C=O) groups excluding carboxylic acids is 1. The standard InChI is InChI=1S/C14H14N2O2S/c1-3-18-14(17)13-8-10-4-5-11(19-2)9-12(10)16(13)7-6-15/h4-5,8-9H,3,7H2,1-2H3. The molecule has 0 saturated heterocycles. The third-order valence-corrected chi connectivity index (χ3v) is 3.55. The highest BCUT2D eigenvalue weighted by atomic mass is 32.2. The summed E-state index contributed by atoms with van der Waals surface area (Å²) < 4.78 is 6.73. The molecule has 1 aromatic carbocycles. The highest BCUT2D eigenvalue weighted by Gasteiger charge is 2.16. The van der Waals surface area contributed by atoms with E-state index < -0.39 is 0 Å². The number of esters is 1. The normalized spacial score (nSPS) is 10.4. The predicted octanol–water partition coefficient (Wildman–Crippen LogP) is 3.06. The van der Waals surface area contributed by atoms with Crippen LogP contribution in [0.25, 0.3) is 10.9 Å². The molecule has 0 aliphatic heterocycles. The number of fused-ring (bicyclic) bond motifs is 1. The van der Waals surface area contributed by atoms with Crippen LogP contribution in [-0.2, 0) is 11.3 Å². The van der Waals surface area contributed by atoms with Crippen LogP contribution in [0.1, 0.15) is 17.4 Å². The fourth-order valence-corrected chi connectivity index (χ4v) is 2.41. The number of ether oxygens (including phenoxy) is 1. The van der Waals surface area contributed by atoms with Crippen LogP contribution in [0.5, 0.6) is 0 Å². The molecule has 4 nitrogen and oxygen atoms in total. The fourth-order valence-electron chi connectivity index (χ4n) is 1.98. The zero-order chi connectivity index (χ0) is 13.8. The molecule has 1 heterocycles. The molecule has 19 heavy (non-hydrogen) atoms. The van der Waals surface area contributed by atoms with Gasteiger partial charge in [-0.25, -0.2) is 4.79 Å². The molecular weight excluding hydrogens is 260 g/mol. The van der Waals surface area contributed by atoms with Gasteiger partial charge >= 0.3 is 5.97 Å². The molecule has 0 saturated carbocycles. The maximum absolute atomic E-state index is 11.9. The number of carbonyl (C=O) groups is 1. The minimum absolute atomic E-state index is 0.134. The van der Waals surface area contributed by atoms with Gasteiger partial charge in [0.25, 0.3) is 0 Å². The van der Waals surface area contributed by atoms with E-state index in [0.717, 1.165) is 15.8 Å². The Morgan fingerprint density at radius 2 is 2.26 bits per heavy atom. The monoisotopic (exact) mass is 274 g/mol. The van der Waals surface area contributed by atoms with Crippen LogP contribution in [0.4, 0.5) is 0 Å². The van der Waals surface area contributed by atoms with Gasteiger partial charge in [0.1, 0.15) is 12.2 Å². The van der Waals surface area contributed by atoms with Crippen molar-refractivity contribution in [2.75, 3.05) is 12.9 Å². The van der Waals surface area contributed by atoms with Crippen LogP contribution < -0.4 is 0 Å². The quantitative estimate of drug-likeness (QED) is 0.635. The predicted molar refractivity (Wildman–Crippen MR) is 75.3 cm³/mol. The molecule has 1 aromatic heterocycles. The van der Waals surface area contributed by atoms with Gasteiger partial charge in [-0.1, -0.05) is 6.07 Å². The molecule has 0 atom stereocenters. The van der Waals surface area contributed by atoms with Crippen molar-refractivity contribution in [2.45, 2.75) is 18.4 Å². The van der Waals surface area contributed by atoms with Crippen LogP contribution in [0.2, 0.25) is 0 Å². The largest absolute Gasteiger partial charge is 0.461 e. The van der Waals surface area contributed by atoms with Gasteiger partial charge in [0.2, 0.25) is 0 Å². The van der Waals surface area contributed by atoms with Gasteiger partial charge in [-0.3, -0.25) is 0 Å². The van der Waals surface area contributed by atoms with Crippen molar-refractivity contribution in [3.63, 3.8) is 0 Å². The number of hydrogen-bond donors (Lipinski definition) is 0. The summed E-state index contributed by atoms with van der Waals surface area (Å²) in [5.41, 5.74) is 1.31. The molecule has 0 radical (unpaired) electrons. The molecule has 0 amide bonds. The Balaban J connectivity index is 2.60. The van der Waals surface area contributed by atoms with E-state index in [1.165, 1.54) is 0 Å². The van der Waals surface area contributed by atoms with Gasteiger partial charge in [-0.2, -0.15) is 5.26 Å². The average Bonchev–Trinajstić information content (AvgIpc) is 2.78. The highest BCUT2D eigenvalue weighted by Crippen LogP contribution is 2.25. The van der Waals surface area contributed by atoms with E-state index in [1.54, 1.807) is 29.3 Å². The molecule has 2 aromatic rings. The van der Waals surface area contributed by atoms with Crippen molar-refractivity contribution in [3.8, 4) is 6.07 Å². The molecular formula is C14H14N2O2S. The van der Waals surface area contributed by atoms with Crippen molar-refractivity contribution in [1.82, 2.24) is 4.57 Å². The highest BCUT2D eigenvalue weighted by molar-refractivity contribution is 7.98. The number of nitrogens with zero attached hydrogens (tertiary/aromatic N) is 2. The molecule has 2 rings (SSSR count). The molecule has 0 unspecified atom stereocenters. The maximum Gasteiger partial charge on any atom is 0.355 e. The Morgan fingerprint density at radius 3 is 2.89 bits per heavy atom. The average molecular weight is 274 g/mol. The summed E-state index contributed by atoms with van der Waals surface area (Å²) in [5.74, 6) is -0.389. The van der Waals surface area contributed by atoms with Gasteiger partial charge in [-0.15, -0.1) is 11.8 Å². The lowest BCUT2D eigenvalue weighted by Crippen LogP contribution is -2.11. The minimum atomic E-state index is -0.389. The lowest BCUT2D eigenvalue weighted by Gasteiger charge is -2.06. The van der Waals surface area contributed by atoms with Crippen molar-refractivity contribution >= 4 is 28.6 Å². The molecule has 0 fully saturated rings. The van der Waals surface area contributed by atoms with Crippen LogP contribution in [0, 0.1) is 11.3 Å².